The predicted octanol–water partition coefficient (Wildman–Crippen LogP) is 2.02. The first-order chi connectivity index (χ1) is 14.7. The van der Waals surface area contributed by atoms with E-state index in [1.165, 1.54) is 6.20 Å². The largest absolute Gasteiger partial charge is 0.494 e. The number of rotatable bonds is 10. The number of amides is 1. The van der Waals surface area contributed by atoms with Crippen molar-refractivity contribution >= 4 is 11.9 Å². The van der Waals surface area contributed by atoms with Gasteiger partial charge in [-0.2, -0.15) is 5.10 Å². The average molecular weight is 410 g/mol. The third-order valence-corrected chi connectivity index (χ3v) is 3.88. The third-order valence-electron chi connectivity index (χ3n) is 3.88. The molecular weight excluding hydrogens is 388 g/mol. The van der Waals surface area contributed by atoms with E-state index < -0.39 is 11.9 Å². The van der Waals surface area contributed by atoms with Crippen LogP contribution in [0.1, 0.15) is 17.3 Å². The quantitative estimate of drug-likeness (QED) is 0.403. The number of nitrogens with one attached hydrogen (secondary N) is 1. The molecule has 1 aromatic carbocycles. The summed E-state index contributed by atoms with van der Waals surface area (Å²) in [5.41, 5.74) is 0.248. The first kappa shape index (κ1) is 20.8. The van der Waals surface area contributed by atoms with Gasteiger partial charge in [-0.15, -0.1) is 0 Å². The Kier molecular flexibility index (Phi) is 7.37. The normalized spacial score (nSPS) is 10.3. The Balaban J connectivity index is 1.34. The maximum atomic E-state index is 12.0. The Morgan fingerprint density at radius 2 is 1.83 bits per heavy atom. The number of benzene rings is 1. The standard InChI is InChI=1S/C21H22N4O5/c1-2-28-17-5-7-18(8-6-17)29-13-11-22-20(26)15-30-21(27)16-4-9-19(23-14-16)25-12-3-10-24-25/h3-10,12,14H,2,11,13,15H2,1H3,(H,22,26). The van der Waals surface area contributed by atoms with Crippen LogP contribution in [0.5, 0.6) is 11.5 Å². The van der Waals surface area contributed by atoms with Gasteiger partial charge >= 0.3 is 5.97 Å². The SMILES string of the molecule is CCOc1ccc(OCCNC(=O)COC(=O)c2ccc(-n3cccn3)nc2)cc1. The molecule has 0 saturated heterocycles. The van der Waals surface area contributed by atoms with Gasteiger partial charge in [-0.1, -0.05) is 0 Å². The molecule has 1 amide bonds. The molecule has 2 aromatic heterocycles. The van der Waals surface area contributed by atoms with Gasteiger partial charge in [0.1, 0.15) is 18.1 Å². The lowest BCUT2D eigenvalue weighted by molar-refractivity contribution is -0.124. The second-order valence-corrected chi connectivity index (χ2v) is 6.03. The van der Waals surface area contributed by atoms with Crippen LogP contribution in [0.3, 0.4) is 0 Å². The van der Waals surface area contributed by atoms with Crippen molar-refractivity contribution in [2.24, 2.45) is 0 Å². The fraction of sp³-hybridized carbons (Fsp3) is 0.238. The molecule has 3 aromatic rings. The summed E-state index contributed by atoms with van der Waals surface area (Å²) < 4.78 is 17.5. The predicted molar refractivity (Wildman–Crippen MR) is 108 cm³/mol. The number of hydrogen-bond donors (Lipinski definition) is 1. The van der Waals surface area contributed by atoms with E-state index in [4.69, 9.17) is 14.2 Å². The van der Waals surface area contributed by atoms with Crippen molar-refractivity contribution in [2.45, 2.75) is 6.92 Å². The molecule has 0 aliphatic rings. The topological polar surface area (TPSA) is 105 Å². The molecule has 0 atom stereocenters. The highest BCUT2D eigenvalue weighted by Crippen LogP contribution is 2.17. The van der Waals surface area contributed by atoms with E-state index >= 15 is 0 Å². The van der Waals surface area contributed by atoms with E-state index in [2.05, 4.69) is 15.4 Å². The summed E-state index contributed by atoms with van der Waals surface area (Å²) in [6.45, 7) is 2.70. The van der Waals surface area contributed by atoms with Crippen LogP contribution in [0.25, 0.3) is 5.82 Å². The van der Waals surface area contributed by atoms with E-state index in [-0.39, 0.29) is 25.3 Å². The minimum Gasteiger partial charge on any atom is -0.494 e. The molecule has 0 fully saturated rings. The number of pyridine rings is 1. The first-order valence-electron chi connectivity index (χ1n) is 9.41. The van der Waals surface area contributed by atoms with Gasteiger partial charge < -0.3 is 19.5 Å². The fourth-order valence-corrected chi connectivity index (χ4v) is 2.47. The molecule has 156 valence electrons. The van der Waals surface area contributed by atoms with E-state index in [0.717, 1.165) is 5.75 Å². The lowest BCUT2D eigenvalue weighted by Crippen LogP contribution is -2.32. The second kappa shape index (κ2) is 10.6. The summed E-state index contributed by atoms with van der Waals surface area (Å²) in [7, 11) is 0. The molecule has 30 heavy (non-hydrogen) atoms. The zero-order valence-electron chi connectivity index (χ0n) is 16.5. The molecule has 0 radical (unpaired) electrons. The van der Waals surface area contributed by atoms with Crippen molar-refractivity contribution in [3.8, 4) is 17.3 Å². The summed E-state index contributed by atoms with van der Waals surface area (Å²) in [4.78, 5) is 28.0. The van der Waals surface area contributed by atoms with E-state index in [1.54, 1.807) is 47.4 Å². The number of hydrogen-bond acceptors (Lipinski definition) is 7. The Bertz CT molecular complexity index is 941. The Morgan fingerprint density at radius 1 is 1.07 bits per heavy atom. The highest BCUT2D eigenvalue weighted by atomic mass is 16.5. The van der Waals surface area contributed by atoms with Gasteiger partial charge in [-0.25, -0.2) is 14.5 Å². The van der Waals surface area contributed by atoms with Crippen LogP contribution in [-0.4, -0.2) is 53.0 Å². The molecule has 0 aliphatic heterocycles. The zero-order valence-corrected chi connectivity index (χ0v) is 16.5. The van der Waals surface area contributed by atoms with Gasteiger partial charge in [0, 0.05) is 18.6 Å². The van der Waals surface area contributed by atoms with Crippen LogP contribution >= 0.6 is 0 Å². The van der Waals surface area contributed by atoms with Gasteiger partial charge in [-0.3, -0.25) is 4.79 Å². The molecule has 9 nitrogen and oxygen atoms in total. The van der Waals surface area contributed by atoms with Crippen molar-refractivity contribution in [1.29, 1.82) is 0 Å². The highest BCUT2D eigenvalue weighted by molar-refractivity contribution is 5.91. The molecule has 3 rings (SSSR count). The molecule has 0 spiro atoms. The van der Waals surface area contributed by atoms with Crippen LogP contribution in [-0.2, 0) is 9.53 Å². The second-order valence-electron chi connectivity index (χ2n) is 6.03. The lowest BCUT2D eigenvalue weighted by atomic mass is 10.3. The number of nitrogens with zero attached hydrogens (tertiary/aromatic N) is 3. The molecule has 0 aliphatic carbocycles. The number of ether oxygens (including phenoxy) is 3. The molecule has 0 bridgehead atoms. The number of carbonyl (C=O) groups is 2. The summed E-state index contributed by atoms with van der Waals surface area (Å²) >= 11 is 0. The smallest absolute Gasteiger partial charge is 0.340 e. The average Bonchev–Trinajstić information content (AvgIpc) is 3.31. The van der Waals surface area contributed by atoms with Crippen LogP contribution in [0.15, 0.2) is 61.1 Å². The number of esters is 1. The maximum Gasteiger partial charge on any atom is 0.340 e. The highest BCUT2D eigenvalue weighted by Gasteiger charge is 2.11. The minimum atomic E-state index is -0.629. The van der Waals surface area contributed by atoms with Crippen LogP contribution in [0.2, 0.25) is 0 Å². The van der Waals surface area contributed by atoms with E-state index in [1.807, 2.05) is 19.1 Å². The van der Waals surface area contributed by atoms with Gasteiger partial charge in [0.05, 0.1) is 18.7 Å². The Morgan fingerprint density at radius 3 is 2.47 bits per heavy atom. The van der Waals surface area contributed by atoms with Crippen molar-refractivity contribution in [1.82, 2.24) is 20.1 Å². The van der Waals surface area contributed by atoms with Crippen molar-refractivity contribution in [3.63, 3.8) is 0 Å². The van der Waals surface area contributed by atoms with Gasteiger partial charge in [0.2, 0.25) is 0 Å². The summed E-state index contributed by atoms with van der Waals surface area (Å²) in [5, 5.41) is 6.68. The summed E-state index contributed by atoms with van der Waals surface area (Å²) in [6, 6.07) is 12.2. The third kappa shape index (κ3) is 6.06. The van der Waals surface area contributed by atoms with Crippen molar-refractivity contribution in [2.75, 3.05) is 26.4 Å². The Labute approximate surface area is 173 Å². The van der Waals surface area contributed by atoms with Crippen molar-refractivity contribution in [3.05, 3.63) is 66.6 Å². The Hall–Kier alpha value is -3.88. The first-order valence-corrected chi connectivity index (χ1v) is 9.41. The minimum absolute atomic E-state index is 0.248. The van der Waals surface area contributed by atoms with Crippen molar-refractivity contribution < 1.29 is 23.8 Å². The zero-order chi connectivity index (χ0) is 21.2. The molecule has 9 heteroatoms. The van der Waals surface area contributed by atoms with Crippen LogP contribution in [0.4, 0.5) is 0 Å². The molecule has 2 heterocycles. The number of carbonyl (C=O) groups excluding carboxylic acids is 2. The molecule has 1 N–H and O–H groups in total. The fourth-order valence-electron chi connectivity index (χ4n) is 2.47. The van der Waals surface area contributed by atoms with Crippen LogP contribution in [0, 0.1) is 0 Å². The number of aromatic nitrogens is 3. The van der Waals surface area contributed by atoms with E-state index in [0.29, 0.717) is 18.2 Å². The van der Waals surface area contributed by atoms with Gasteiger partial charge in [-0.05, 0) is 49.4 Å². The summed E-state index contributed by atoms with van der Waals surface area (Å²) in [5.74, 6) is 0.966. The van der Waals surface area contributed by atoms with Gasteiger partial charge in [0.25, 0.3) is 5.91 Å². The monoisotopic (exact) mass is 410 g/mol. The maximum absolute atomic E-state index is 12.0. The molecule has 0 unspecified atom stereocenters. The van der Waals surface area contributed by atoms with E-state index in [9.17, 15) is 9.59 Å². The molecule has 0 saturated carbocycles. The summed E-state index contributed by atoms with van der Waals surface area (Å²) in [6.07, 6.45) is 4.75. The van der Waals surface area contributed by atoms with Gasteiger partial charge in [0.15, 0.2) is 12.4 Å². The molecular formula is C21H22N4O5. The lowest BCUT2D eigenvalue weighted by Gasteiger charge is -2.09. The van der Waals surface area contributed by atoms with Crippen LogP contribution < -0.4 is 14.8 Å².